The van der Waals surface area contributed by atoms with Gasteiger partial charge in [0.1, 0.15) is 0 Å². The van der Waals surface area contributed by atoms with Gasteiger partial charge in [0.2, 0.25) is 0 Å². The Balaban J connectivity index is 4.71. The van der Waals surface area contributed by atoms with E-state index in [0.717, 1.165) is 11.8 Å². The quantitative estimate of drug-likeness (QED) is 0.103. The number of halogens is 1. The maximum absolute atomic E-state index is 3.56. The largest absolute Gasteiger partial charge is 0.156 e. The maximum Gasteiger partial charge on any atom is 0.00750 e. The van der Waals surface area contributed by atoms with Crippen LogP contribution in [0.2, 0.25) is 0 Å². The first-order valence-corrected chi connectivity index (χ1v) is 17.3. The first-order valence-electron chi connectivity index (χ1n) is 15.2. The molecule has 0 saturated heterocycles. The second-order valence-corrected chi connectivity index (χ2v) is 18.3. The van der Waals surface area contributed by atoms with Crippen molar-refractivity contribution in [3.8, 4) is 0 Å². The number of hydrogen-bond donors (Lipinski definition) is 0. The summed E-state index contributed by atoms with van der Waals surface area (Å²) in [6.07, 6.45) is 19.6. The lowest BCUT2D eigenvalue weighted by Gasteiger charge is -2.38. The Morgan fingerprint density at radius 1 is 0.600 bits per heavy atom. The van der Waals surface area contributed by atoms with Gasteiger partial charge in [0.25, 0.3) is 0 Å². The fourth-order valence-corrected chi connectivity index (χ4v) is 7.08. The zero-order chi connectivity index (χ0) is 27.2. The molecule has 0 aliphatic heterocycles. The predicted molar refractivity (Wildman–Crippen MR) is 170 cm³/mol. The molecule has 35 heavy (non-hydrogen) atoms. The van der Waals surface area contributed by atoms with Gasteiger partial charge in [-0.3, -0.25) is 0 Å². The van der Waals surface area contributed by atoms with E-state index < -0.39 is 0 Å². The molecule has 0 spiro atoms. The van der Waals surface area contributed by atoms with Gasteiger partial charge < -0.3 is 0 Å². The van der Waals surface area contributed by atoms with Crippen LogP contribution < -0.4 is 0 Å². The van der Waals surface area contributed by atoms with Crippen molar-refractivity contribution in [3.05, 3.63) is 0 Å². The predicted octanol–water partition coefficient (Wildman–Crippen LogP) is 12.7. The summed E-state index contributed by atoms with van der Waals surface area (Å²) >= 11 is 5.73. The second-order valence-electron chi connectivity index (χ2n) is 15.5. The van der Waals surface area contributed by atoms with Crippen LogP contribution in [0.4, 0.5) is 0 Å². The zero-order valence-electron chi connectivity index (χ0n) is 26.3. The van der Waals surface area contributed by atoms with Crippen LogP contribution in [-0.4, -0.2) is 15.8 Å². The monoisotopic (exact) mass is 574 g/mol. The van der Waals surface area contributed by atoms with Gasteiger partial charge in [0, 0.05) is 10.1 Å². The molecule has 0 N–H and O–H groups in total. The smallest absolute Gasteiger partial charge is 0.00750 e. The Bertz CT molecular complexity index is 508. The molecule has 2 unspecified atom stereocenters. The van der Waals surface area contributed by atoms with E-state index in [-0.39, 0.29) is 0 Å². The third-order valence-electron chi connectivity index (χ3n) is 7.82. The van der Waals surface area contributed by atoms with Crippen LogP contribution >= 0.6 is 27.7 Å². The number of unbranched alkanes of at least 4 members (excludes halogenated alkanes) is 6. The molecular weight excluding hydrogens is 508 g/mol. The van der Waals surface area contributed by atoms with Crippen LogP contribution in [0.3, 0.4) is 0 Å². The molecule has 0 aromatic carbocycles. The van der Waals surface area contributed by atoms with Crippen LogP contribution in [0.15, 0.2) is 0 Å². The molecule has 0 fully saturated rings. The molecule has 0 heterocycles. The van der Waals surface area contributed by atoms with Gasteiger partial charge in [-0.2, -0.15) is 11.8 Å². The van der Waals surface area contributed by atoms with Gasteiger partial charge in [-0.25, -0.2) is 0 Å². The molecule has 0 saturated carbocycles. The topological polar surface area (TPSA) is 0 Å². The Morgan fingerprint density at radius 3 is 1.63 bits per heavy atom. The van der Waals surface area contributed by atoms with E-state index in [0.29, 0.717) is 21.0 Å². The van der Waals surface area contributed by atoms with Gasteiger partial charge in [-0.15, -0.1) is 0 Å². The van der Waals surface area contributed by atoms with Gasteiger partial charge in [0.05, 0.1) is 0 Å². The van der Waals surface area contributed by atoms with Gasteiger partial charge in [-0.05, 0) is 78.8 Å². The molecule has 0 aliphatic carbocycles. The molecule has 0 aliphatic rings. The lowest BCUT2D eigenvalue weighted by Crippen LogP contribution is -2.26. The summed E-state index contributed by atoms with van der Waals surface area (Å²) in [5.74, 6) is 3.09. The highest BCUT2D eigenvalue weighted by atomic mass is 79.9. The molecule has 0 aromatic heterocycles. The lowest BCUT2D eigenvalue weighted by atomic mass is 9.68. The average molecular weight is 576 g/mol. The average Bonchev–Trinajstić information content (AvgIpc) is 2.69. The third kappa shape index (κ3) is 22.5. The van der Waals surface area contributed by atoms with Crippen LogP contribution in [0.5, 0.6) is 0 Å². The maximum atomic E-state index is 3.56. The fraction of sp³-hybridized carbons (Fsp3) is 1.00. The zero-order valence-corrected chi connectivity index (χ0v) is 28.7. The molecule has 0 radical (unpaired) electrons. The first kappa shape index (κ1) is 35.8. The summed E-state index contributed by atoms with van der Waals surface area (Å²) in [6.45, 7) is 27.0. The minimum atomic E-state index is 0.392. The van der Waals surface area contributed by atoms with E-state index in [1.807, 2.05) is 0 Å². The molecular formula is C33H67BrS. The third-order valence-corrected chi connectivity index (χ3v) is 9.69. The summed E-state index contributed by atoms with van der Waals surface area (Å²) in [5.41, 5.74) is 1.33. The van der Waals surface area contributed by atoms with Crippen molar-refractivity contribution in [1.82, 2.24) is 0 Å². The first-order chi connectivity index (χ1) is 16.0. The Hall–Kier alpha value is 0.830. The summed E-state index contributed by atoms with van der Waals surface area (Å²) in [6, 6.07) is 0. The van der Waals surface area contributed by atoms with Crippen molar-refractivity contribution in [2.45, 2.75) is 171 Å². The summed E-state index contributed by atoms with van der Waals surface area (Å²) in [5, 5.41) is 1.17. The van der Waals surface area contributed by atoms with Crippen LogP contribution in [-0.2, 0) is 0 Å². The summed E-state index contributed by atoms with van der Waals surface area (Å²) in [7, 11) is 0. The molecule has 2 heteroatoms. The van der Waals surface area contributed by atoms with Crippen molar-refractivity contribution in [2.24, 2.45) is 28.1 Å². The van der Waals surface area contributed by atoms with Crippen LogP contribution in [0.25, 0.3) is 0 Å². The molecule has 0 amide bonds. The Morgan fingerprint density at radius 2 is 1.11 bits per heavy atom. The van der Waals surface area contributed by atoms with Crippen LogP contribution in [0.1, 0.15) is 166 Å². The number of hydrogen-bond acceptors (Lipinski definition) is 1. The van der Waals surface area contributed by atoms with E-state index >= 15 is 0 Å². The van der Waals surface area contributed by atoms with Gasteiger partial charge in [0.15, 0.2) is 0 Å². The molecule has 0 rings (SSSR count). The normalized spacial score (nSPS) is 15.4. The van der Waals surface area contributed by atoms with E-state index in [9.17, 15) is 0 Å². The minimum absolute atomic E-state index is 0.392. The molecule has 0 bridgehead atoms. The second kappa shape index (κ2) is 17.4. The van der Waals surface area contributed by atoms with Crippen LogP contribution in [0, 0.1) is 28.1 Å². The van der Waals surface area contributed by atoms with E-state index in [1.165, 1.54) is 101 Å². The highest BCUT2D eigenvalue weighted by molar-refractivity contribution is 9.09. The van der Waals surface area contributed by atoms with E-state index in [4.69, 9.17) is 0 Å². The fourth-order valence-electron chi connectivity index (χ4n) is 5.65. The highest BCUT2D eigenvalue weighted by Gasteiger charge is 2.31. The van der Waals surface area contributed by atoms with Crippen molar-refractivity contribution < 1.29 is 0 Å². The van der Waals surface area contributed by atoms with Crippen molar-refractivity contribution in [3.63, 3.8) is 0 Å². The van der Waals surface area contributed by atoms with Gasteiger partial charge in [-0.1, -0.05) is 137 Å². The Labute approximate surface area is 236 Å². The SMILES string of the molecule is CC(CCC(C)(C)CC(C)(C)CCC(C)(C)C)C(CCCCCCCCCBr)CCSC(C)(C)C. The number of rotatable bonds is 20. The standard InChI is InChI=1S/C33H67BrS/c1-28(20-22-32(8,9)27-33(10,11)24-23-30(2,3)4)29(21-26-35-31(5,6)7)19-17-15-13-12-14-16-18-25-34/h28-29H,12-27H2,1-11H3. The molecule has 2 atom stereocenters. The summed E-state index contributed by atoms with van der Waals surface area (Å²) < 4.78 is 0.392. The minimum Gasteiger partial charge on any atom is -0.156 e. The molecule has 212 valence electrons. The van der Waals surface area contributed by atoms with Gasteiger partial charge >= 0.3 is 0 Å². The van der Waals surface area contributed by atoms with E-state index in [1.54, 1.807) is 0 Å². The van der Waals surface area contributed by atoms with Crippen molar-refractivity contribution in [1.29, 1.82) is 0 Å². The highest BCUT2D eigenvalue weighted by Crippen LogP contribution is 2.43. The number of thioether (sulfide) groups is 1. The molecule has 0 nitrogen and oxygen atoms in total. The number of alkyl halides is 1. The van der Waals surface area contributed by atoms with Crippen molar-refractivity contribution >= 4 is 27.7 Å². The summed E-state index contributed by atoms with van der Waals surface area (Å²) in [4.78, 5) is 0. The molecule has 0 aromatic rings. The Kier molecular flexibility index (Phi) is 17.8. The lowest BCUT2D eigenvalue weighted by molar-refractivity contribution is 0.139. The van der Waals surface area contributed by atoms with Crippen molar-refractivity contribution in [2.75, 3.05) is 11.1 Å². The van der Waals surface area contributed by atoms with E-state index in [2.05, 4.69) is 104 Å².